The molecule has 49 heavy (non-hydrogen) atoms. The highest BCUT2D eigenvalue weighted by Crippen LogP contribution is 2.31. The third kappa shape index (κ3) is 7.08. The Bertz CT molecular complexity index is 2030. The van der Waals surface area contributed by atoms with Gasteiger partial charge in [0.2, 0.25) is 17.0 Å². The molecular formula is C40H40N6O2S. The molecule has 0 saturated carbocycles. The molecule has 0 aliphatic carbocycles. The van der Waals surface area contributed by atoms with Crippen LogP contribution >= 0.6 is 11.8 Å². The molecule has 8 nitrogen and oxygen atoms in total. The summed E-state index contributed by atoms with van der Waals surface area (Å²) >= 11 is 1.53. The Morgan fingerprint density at radius 3 is 2.20 bits per heavy atom. The molecule has 248 valence electrons. The van der Waals surface area contributed by atoms with E-state index in [1.165, 1.54) is 22.9 Å². The summed E-state index contributed by atoms with van der Waals surface area (Å²) in [6.45, 7) is 6.40. The fraction of sp³-hybridized carbons (Fsp3) is 0.275. The fourth-order valence-corrected chi connectivity index (χ4v) is 7.55. The molecule has 0 radical (unpaired) electrons. The van der Waals surface area contributed by atoms with E-state index in [0.717, 1.165) is 33.2 Å². The summed E-state index contributed by atoms with van der Waals surface area (Å²) in [5.41, 5.74) is 7.04. The number of thioether (sulfide) groups is 1. The topological polar surface area (TPSA) is 84.2 Å². The number of hydrogen-bond acceptors (Lipinski definition) is 6. The largest absolute Gasteiger partial charge is 0.339 e. The minimum absolute atomic E-state index is 0.0767. The van der Waals surface area contributed by atoms with Gasteiger partial charge in [-0.2, -0.15) is 0 Å². The second-order valence-corrected chi connectivity index (χ2v) is 13.8. The van der Waals surface area contributed by atoms with Gasteiger partial charge in [0.1, 0.15) is 5.52 Å². The minimum Gasteiger partial charge on any atom is -0.339 e. The molecular weight excluding hydrogens is 629 g/mol. The van der Waals surface area contributed by atoms with Crippen molar-refractivity contribution < 1.29 is 9.59 Å². The Hall–Kier alpha value is -5.02. The van der Waals surface area contributed by atoms with Crippen molar-refractivity contribution in [3.8, 4) is 0 Å². The van der Waals surface area contributed by atoms with E-state index in [0.29, 0.717) is 49.9 Å². The average Bonchev–Trinajstić information content (AvgIpc) is 3.42. The number of rotatable bonds is 10. The van der Waals surface area contributed by atoms with Crippen molar-refractivity contribution in [3.05, 3.63) is 131 Å². The monoisotopic (exact) mass is 668 g/mol. The van der Waals surface area contributed by atoms with Crippen LogP contribution in [0.5, 0.6) is 0 Å². The summed E-state index contributed by atoms with van der Waals surface area (Å²) in [6.07, 6.45) is 1.14. The zero-order chi connectivity index (χ0) is 33.7. The molecule has 6 aromatic rings. The molecule has 2 aromatic heterocycles. The lowest BCUT2D eigenvalue weighted by Gasteiger charge is -2.41. The van der Waals surface area contributed by atoms with E-state index in [1.807, 2.05) is 83.5 Å². The number of amides is 2. The number of nitrogens with zero attached hydrogens (tertiary/aromatic N) is 6. The van der Waals surface area contributed by atoms with Gasteiger partial charge < -0.3 is 14.4 Å². The Kier molecular flexibility index (Phi) is 9.70. The lowest BCUT2D eigenvalue weighted by Crippen LogP contribution is -2.56. The lowest BCUT2D eigenvalue weighted by atomic mass is 9.89. The Morgan fingerprint density at radius 1 is 0.857 bits per heavy atom. The van der Waals surface area contributed by atoms with Crippen LogP contribution in [0.1, 0.15) is 47.9 Å². The first kappa shape index (κ1) is 32.5. The van der Waals surface area contributed by atoms with Crippen LogP contribution in [-0.4, -0.2) is 72.8 Å². The number of hydrogen-bond donors (Lipinski definition) is 0. The third-order valence-electron chi connectivity index (χ3n) is 9.33. The molecule has 3 heterocycles. The van der Waals surface area contributed by atoms with Gasteiger partial charge in [0, 0.05) is 49.8 Å². The molecule has 1 aliphatic heterocycles. The van der Waals surface area contributed by atoms with Crippen molar-refractivity contribution in [3.63, 3.8) is 0 Å². The SMILES string of the molecule is Cc1ccc2c(c1)c1nnc(SCCCC(=O)N3CCN(C(=O)C(c4ccccc4)c4ccccc4)C(C)C3)nc1n2Cc1ccccc1. The van der Waals surface area contributed by atoms with Gasteiger partial charge in [0.15, 0.2) is 5.65 Å². The second kappa shape index (κ2) is 14.6. The fourth-order valence-electron chi connectivity index (χ4n) is 6.83. The van der Waals surface area contributed by atoms with E-state index in [2.05, 4.69) is 64.2 Å². The van der Waals surface area contributed by atoms with E-state index in [1.54, 1.807) is 0 Å². The van der Waals surface area contributed by atoms with Crippen LogP contribution in [0.25, 0.3) is 22.1 Å². The van der Waals surface area contributed by atoms with Crippen LogP contribution in [0.3, 0.4) is 0 Å². The maximum Gasteiger partial charge on any atom is 0.234 e. The summed E-state index contributed by atoms with van der Waals surface area (Å²) in [5, 5.41) is 10.7. The smallest absolute Gasteiger partial charge is 0.234 e. The number of aryl methyl sites for hydroxylation is 1. The maximum atomic E-state index is 14.0. The van der Waals surface area contributed by atoms with Crippen LogP contribution in [0, 0.1) is 6.92 Å². The number of carbonyl (C=O) groups is 2. The van der Waals surface area contributed by atoms with Gasteiger partial charge in [-0.25, -0.2) is 4.98 Å². The second-order valence-electron chi connectivity index (χ2n) is 12.8. The standard InChI is InChI=1S/C40H40N6O2S/c1-28-20-21-34-33(25-28)37-38(46(34)27-30-13-6-3-7-14-30)41-40(43-42-37)49-24-12-19-35(47)44-22-23-45(29(2)26-44)39(48)36(31-15-8-4-9-16-31)32-17-10-5-11-18-32/h3-11,13-18,20-21,25,29,36H,12,19,22-24,26-27H2,1-2H3. The van der Waals surface area contributed by atoms with Crippen molar-refractivity contribution in [2.45, 2.75) is 50.4 Å². The number of fused-ring (bicyclic) bond motifs is 3. The molecule has 1 aliphatic rings. The zero-order valence-electron chi connectivity index (χ0n) is 27.9. The summed E-state index contributed by atoms with van der Waals surface area (Å²) in [6, 6.07) is 36.6. The van der Waals surface area contributed by atoms with E-state index in [-0.39, 0.29) is 23.8 Å². The first-order valence-electron chi connectivity index (χ1n) is 16.9. The Morgan fingerprint density at radius 2 is 1.53 bits per heavy atom. The van der Waals surface area contributed by atoms with Gasteiger partial charge >= 0.3 is 0 Å². The highest BCUT2D eigenvalue weighted by molar-refractivity contribution is 7.99. The van der Waals surface area contributed by atoms with Gasteiger partial charge in [0.05, 0.1) is 11.4 Å². The summed E-state index contributed by atoms with van der Waals surface area (Å²) in [5.74, 6) is 0.539. The maximum absolute atomic E-state index is 14.0. The van der Waals surface area contributed by atoms with E-state index in [4.69, 9.17) is 4.98 Å². The van der Waals surface area contributed by atoms with E-state index < -0.39 is 0 Å². The van der Waals surface area contributed by atoms with E-state index in [9.17, 15) is 9.59 Å². The number of aromatic nitrogens is 4. The molecule has 1 atom stereocenters. The first-order valence-corrected chi connectivity index (χ1v) is 17.9. The Balaban J connectivity index is 0.969. The van der Waals surface area contributed by atoms with Gasteiger partial charge in [-0.15, -0.1) is 10.2 Å². The van der Waals surface area contributed by atoms with Gasteiger partial charge in [-0.3, -0.25) is 9.59 Å². The summed E-state index contributed by atoms with van der Waals surface area (Å²) < 4.78 is 2.22. The predicted octanol–water partition coefficient (Wildman–Crippen LogP) is 7.10. The molecule has 0 bridgehead atoms. The highest BCUT2D eigenvalue weighted by atomic mass is 32.2. The van der Waals surface area contributed by atoms with Gasteiger partial charge in [-0.1, -0.05) is 114 Å². The van der Waals surface area contributed by atoms with Gasteiger partial charge in [0.25, 0.3) is 0 Å². The molecule has 0 N–H and O–H groups in total. The quantitative estimate of drug-likeness (QED) is 0.114. The van der Waals surface area contributed by atoms with Crippen molar-refractivity contribution in [1.82, 2.24) is 29.5 Å². The molecule has 2 amide bonds. The third-order valence-corrected chi connectivity index (χ3v) is 10.3. The van der Waals surface area contributed by atoms with E-state index >= 15 is 0 Å². The number of piperazine rings is 1. The average molecular weight is 669 g/mol. The molecule has 1 unspecified atom stereocenters. The van der Waals surface area contributed by atoms with Crippen LogP contribution in [0.4, 0.5) is 0 Å². The van der Waals surface area contributed by atoms with Crippen molar-refractivity contribution in [2.75, 3.05) is 25.4 Å². The normalized spacial score (nSPS) is 15.0. The Labute approximate surface area is 291 Å². The van der Waals surface area contributed by atoms with Crippen molar-refractivity contribution >= 4 is 45.6 Å². The molecule has 9 heteroatoms. The van der Waals surface area contributed by atoms with Crippen LogP contribution in [0.15, 0.2) is 114 Å². The zero-order valence-corrected chi connectivity index (χ0v) is 28.7. The van der Waals surface area contributed by atoms with Crippen molar-refractivity contribution in [1.29, 1.82) is 0 Å². The molecule has 1 fully saturated rings. The predicted molar refractivity (Wildman–Crippen MR) is 196 cm³/mol. The highest BCUT2D eigenvalue weighted by Gasteiger charge is 2.34. The number of carbonyl (C=O) groups excluding carboxylic acids is 2. The first-order chi connectivity index (χ1) is 24.0. The molecule has 0 spiro atoms. The van der Waals surface area contributed by atoms with Crippen LogP contribution in [0.2, 0.25) is 0 Å². The summed E-state index contributed by atoms with van der Waals surface area (Å²) in [7, 11) is 0. The molecule has 4 aromatic carbocycles. The molecule has 7 rings (SSSR count). The van der Waals surface area contributed by atoms with Crippen LogP contribution in [-0.2, 0) is 16.1 Å². The van der Waals surface area contributed by atoms with Crippen LogP contribution < -0.4 is 0 Å². The van der Waals surface area contributed by atoms with Crippen molar-refractivity contribution in [2.24, 2.45) is 0 Å². The lowest BCUT2D eigenvalue weighted by molar-refractivity contribution is -0.142. The minimum atomic E-state index is -0.372. The summed E-state index contributed by atoms with van der Waals surface area (Å²) in [4.78, 5) is 36.1. The number of benzene rings is 4. The molecule has 1 saturated heterocycles. The van der Waals surface area contributed by atoms with Gasteiger partial charge in [-0.05, 0) is 49.1 Å².